The van der Waals surface area contributed by atoms with E-state index in [0.717, 1.165) is 12.8 Å². The van der Waals surface area contributed by atoms with Crippen molar-refractivity contribution in [3.05, 3.63) is 12.2 Å². The van der Waals surface area contributed by atoms with E-state index in [1.165, 1.54) is 38.5 Å². The van der Waals surface area contributed by atoms with Crippen molar-refractivity contribution in [2.45, 2.75) is 64.6 Å². The van der Waals surface area contributed by atoms with E-state index in [1.54, 1.807) is 0 Å². The van der Waals surface area contributed by atoms with Gasteiger partial charge in [-0.2, -0.15) is 0 Å². The lowest BCUT2D eigenvalue weighted by molar-refractivity contribution is -0.204. The average Bonchev–Trinajstić information content (AvgIpc) is 2.56. The maximum atomic E-state index is 12.7. The standard InChI is InChI=1S/C19H30O3/c1-2-3-4-5-6-7-12-21-19-18(20)17-15-10-8-14(9-11-15)16(17)13-22-19/h8,10,14-17,19H,2-7,9,11-13H2,1H3/t14-,15+,16-,17+,19-/m0/s1. The molecule has 3 aliphatic carbocycles. The summed E-state index contributed by atoms with van der Waals surface area (Å²) in [5.41, 5.74) is 0. The number of rotatable bonds is 8. The number of Topliss-reactive ketones (excluding diaryl/α,β-unsaturated/α-hetero) is 1. The van der Waals surface area contributed by atoms with Crippen molar-refractivity contribution in [2.75, 3.05) is 13.2 Å². The second-order valence-electron chi connectivity index (χ2n) is 7.19. The molecule has 3 heteroatoms. The van der Waals surface area contributed by atoms with Crippen molar-refractivity contribution < 1.29 is 14.3 Å². The molecule has 0 aromatic carbocycles. The van der Waals surface area contributed by atoms with Crippen LogP contribution in [0.3, 0.4) is 0 Å². The monoisotopic (exact) mass is 306 g/mol. The fourth-order valence-corrected chi connectivity index (χ4v) is 4.39. The summed E-state index contributed by atoms with van der Waals surface area (Å²) < 4.78 is 11.5. The molecule has 1 saturated heterocycles. The van der Waals surface area contributed by atoms with Gasteiger partial charge in [-0.25, -0.2) is 0 Å². The fraction of sp³-hybridized carbons (Fsp3) is 0.842. The van der Waals surface area contributed by atoms with Crippen LogP contribution in [0.4, 0.5) is 0 Å². The number of hydrogen-bond donors (Lipinski definition) is 0. The molecule has 2 fully saturated rings. The SMILES string of the molecule is CCCCCCCCO[C@H]1OC[C@@H]2[C@H](C1=O)[C@@H]1C=C[C@H]2CC1. The lowest BCUT2D eigenvalue weighted by atomic mass is 9.60. The van der Waals surface area contributed by atoms with Gasteiger partial charge in [0.1, 0.15) is 0 Å². The molecule has 0 radical (unpaired) electrons. The molecule has 0 aromatic rings. The van der Waals surface area contributed by atoms with Crippen LogP contribution in [0.15, 0.2) is 12.2 Å². The molecule has 0 unspecified atom stereocenters. The third kappa shape index (κ3) is 3.46. The van der Waals surface area contributed by atoms with E-state index in [1.807, 2.05) is 0 Å². The van der Waals surface area contributed by atoms with Gasteiger partial charge >= 0.3 is 0 Å². The largest absolute Gasteiger partial charge is 0.346 e. The van der Waals surface area contributed by atoms with Crippen LogP contribution >= 0.6 is 0 Å². The summed E-state index contributed by atoms with van der Waals surface area (Å²) >= 11 is 0. The Hall–Kier alpha value is -0.670. The van der Waals surface area contributed by atoms with Gasteiger partial charge in [-0.05, 0) is 37.0 Å². The summed E-state index contributed by atoms with van der Waals surface area (Å²) in [7, 11) is 0. The zero-order chi connectivity index (χ0) is 15.4. The minimum absolute atomic E-state index is 0.159. The molecular formula is C19H30O3. The molecule has 2 bridgehead atoms. The highest BCUT2D eigenvalue weighted by Gasteiger charge is 2.49. The molecule has 3 nitrogen and oxygen atoms in total. The number of ketones is 1. The Labute approximate surface area is 134 Å². The van der Waals surface area contributed by atoms with Gasteiger partial charge in [-0.3, -0.25) is 4.79 Å². The zero-order valence-electron chi connectivity index (χ0n) is 13.8. The Morgan fingerprint density at radius 2 is 1.82 bits per heavy atom. The van der Waals surface area contributed by atoms with Crippen molar-refractivity contribution in [1.82, 2.24) is 0 Å². The third-order valence-electron chi connectivity index (χ3n) is 5.68. The predicted octanol–water partition coefficient (Wildman–Crippen LogP) is 4.12. The molecule has 0 aromatic heterocycles. The van der Waals surface area contributed by atoms with Gasteiger partial charge in [-0.15, -0.1) is 0 Å². The maximum Gasteiger partial charge on any atom is 0.218 e. The van der Waals surface area contributed by atoms with Gasteiger partial charge in [-0.1, -0.05) is 51.2 Å². The number of carbonyl (C=O) groups is 1. The molecule has 4 rings (SSSR count). The molecular weight excluding hydrogens is 276 g/mol. The lowest BCUT2D eigenvalue weighted by Crippen LogP contribution is -2.52. The molecule has 124 valence electrons. The molecule has 5 atom stereocenters. The van der Waals surface area contributed by atoms with Crippen molar-refractivity contribution >= 4 is 5.78 Å². The number of unbranched alkanes of at least 4 members (excludes halogenated alkanes) is 5. The van der Waals surface area contributed by atoms with Crippen LogP contribution in [0.5, 0.6) is 0 Å². The van der Waals surface area contributed by atoms with E-state index < -0.39 is 6.29 Å². The summed E-state index contributed by atoms with van der Waals surface area (Å²) in [6, 6.07) is 0. The Morgan fingerprint density at radius 3 is 2.59 bits per heavy atom. The van der Waals surface area contributed by atoms with Gasteiger partial charge in [0.05, 0.1) is 13.2 Å². The maximum absolute atomic E-state index is 12.7. The summed E-state index contributed by atoms with van der Waals surface area (Å²) in [4.78, 5) is 12.7. The van der Waals surface area contributed by atoms with Gasteiger partial charge in [0.25, 0.3) is 0 Å². The Kier molecular flexibility index (Phi) is 5.70. The number of fused-ring (bicyclic) bond motifs is 1. The molecule has 22 heavy (non-hydrogen) atoms. The van der Waals surface area contributed by atoms with Crippen LogP contribution in [-0.2, 0) is 14.3 Å². The molecule has 0 amide bonds. The number of ether oxygens (including phenoxy) is 2. The van der Waals surface area contributed by atoms with Crippen molar-refractivity contribution in [1.29, 1.82) is 0 Å². The van der Waals surface area contributed by atoms with E-state index in [2.05, 4.69) is 19.1 Å². The van der Waals surface area contributed by atoms with Crippen LogP contribution < -0.4 is 0 Å². The first-order valence-electron chi connectivity index (χ1n) is 9.26. The topological polar surface area (TPSA) is 35.5 Å². The summed E-state index contributed by atoms with van der Waals surface area (Å²) in [5.74, 6) is 1.77. The Morgan fingerprint density at radius 1 is 1.09 bits per heavy atom. The Balaban J connectivity index is 1.41. The molecule has 1 heterocycles. The first-order valence-corrected chi connectivity index (χ1v) is 9.26. The van der Waals surface area contributed by atoms with Gasteiger partial charge in [0.15, 0.2) is 5.78 Å². The molecule has 4 aliphatic rings. The Bertz CT molecular complexity index is 403. The number of carbonyl (C=O) groups excluding carboxylic acids is 1. The predicted molar refractivity (Wildman–Crippen MR) is 86.4 cm³/mol. The molecule has 0 spiro atoms. The highest BCUT2D eigenvalue weighted by Crippen LogP contribution is 2.47. The summed E-state index contributed by atoms with van der Waals surface area (Å²) in [6.07, 6.45) is 13.8. The first kappa shape index (κ1) is 16.2. The average molecular weight is 306 g/mol. The third-order valence-corrected chi connectivity index (χ3v) is 5.68. The van der Waals surface area contributed by atoms with Gasteiger partial charge in [0, 0.05) is 5.92 Å². The first-order chi connectivity index (χ1) is 10.8. The van der Waals surface area contributed by atoms with Crippen molar-refractivity contribution in [3.8, 4) is 0 Å². The quantitative estimate of drug-likeness (QED) is 0.500. The molecule has 1 saturated carbocycles. The normalized spacial score (nSPS) is 36.6. The zero-order valence-corrected chi connectivity index (χ0v) is 13.8. The summed E-state index contributed by atoms with van der Waals surface area (Å²) in [6.45, 7) is 3.59. The number of allylic oxidation sites excluding steroid dienone is 2. The smallest absolute Gasteiger partial charge is 0.218 e. The highest BCUT2D eigenvalue weighted by molar-refractivity contribution is 5.86. The van der Waals surface area contributed by atoms with Crippen LogP contribution in [-0.4, -0.2) is 25.3 Å². The molecule has 0 N–H and O–H groups in total. The van der Waals surface area contributed by atoms with E-state index in [-0.39, 0.29) is 11.7 Å². The van der Waals surface area contributed by atoms with Crippen LogP contribution in [0.2, 0.25) is 0 Å². The van der Waals surface area contributed by atoms with Crippen LogP contribution in [0.1, 0.15) is 58.3 Å². The highest BCUT2D eigenvalue weighted by atomic mass is 16.7. The fourth-order valence-electron chi connectivity index (χ4n) is 4.39. The second-order valence-corrected chi connectivity index (χ2v) is 7.19. The van der Waals surface area contributed by atoms with Crippen LogP contribution in [0, 0.1) is 23.7 Å². The minimum Gasteiger partial charge on any atom is -0.346 e. The van der Waals surface area contributed by atoms with Crippen molar-refractivity contribution in [2.24, 2.45) is 23.7 Å². The lowest BCUT2D eigenvalue weighted by Gasteiger charge is -2.47. The van der Waals surface area contributed by atoms with E-state index in [0.29, 0.717) is 31.0 Å². The summed E-state index contributed by atoms with van der Waals surface area (Å²) in [5, 5.41) is 0. The van der Waals surface area contributed by atoms with Gasteiger partial charge < -0.3 is 9.47 Å². The van der Waals surface area contributed by atoms with E-state index in [9.17, 15) is 4.79 Å². The minimum atomic E-state index is -0.593. The van der Waals surface area contributed by atoms with E-state index in [4.69, 9.17) is 9.47 Å². The van der Waals surface area contributed by atoms with E-state index >= 15 is 0 Å². The second kappa shape index (κ2) is 7.74. The number of hydrogen-bond acceptors (Lipinski definition) is 3. The van der Waals surface area contributed by atoms with Gasteiger partial charge in [0.2, 0.25) is 6.29 Å². The van der Waals surface area contributed by atoms with Crippen molar-refractivity contribution in [3.63, 3.8) is 0 Å². The molecule has 1 aliphatic heterocycles. The van der Waals surface area contributed by atoms with Crippen LogP contribution in [0.25, 0.3) is 0 Å².